The number of hydrogen-bond donors (Lipinski definition) is 0. The quantitative estimate of drug-likeness (QED) is 0.771. The molecule has 1 aromatic rings. The van der Waals surface area contributed by atoms with Crippen LogP contribution in [0.25, 0.3) is 0 Å². The number of Topliss-reactive ketones (excluding diaryl/α,β-unsaturated/α-hetero) is 1. The number of benzene rings is 1. The minimum atomic E-state index is -0.750. The van der Waals surface area contributed by atoms with Gasteiger partial charge in [-0.05, 0) is 30.2 Å². The Labute approximate surface area is 120 Å². The van der Waals surface area contributed by atoms with E-state index in [4.69, 9.17) is 4.74 Å². The summed E-state index contributed by atoms with van der Waals surface area (Å²) in [6.07, 6.45) is 8.08. The Morgan fingerprint density at radius 3 is 2.55 bits per heavy atom. The van der Waals surface area contributed by atoms with Gasteiger partial charge in [-0.15, -0.1) is 0 Å². The number of carbonyl (C=O) groups excluding carboxylic acids is 1. The Balaban J connectivity index is 1.74. The first-order valence-corrected chi connectivity index (χ1v) is 7.53. The maximum Gasteiger partial charge on any atom is 0.169 e. The lowest BCUT2D eigenvalue weighted by Gasteiger charge is -2.28. The van der Waals surface area contributed by atoms with Crippen molar-refractivity contribution in [2.24, 2.45) is 5.41 Å². The molecule has 0 heterocycles. The molecule has 20 heavy (non-hydrogen) atoms. The summed E-state index contributed by atoms with van der Waals surface area (Å²) in [6, 6.07) is 10.0. The van der Waals surface area contributed by atoms with Crippen LogP contribution in [0.2, 0.25) is 0 Å². The standard InChI is InChI=1S/C18H22O2/c1-2-18(20-13-15-8-4-3-5-9-15)14-17(12-16(18)19)10-6-7-11-17/h2-5,8-9H,1,6-7,10-14H2. The van der Waals surface area contributed by atoms with Crippen molar-refractivity contribution in [3.63, 3.8) is 0 Å². The number of carbonyl (C=O) groups is 1. The highest BCUT2D eigenvalue weighted by Crippen LogP contribution is 2.54. The molecule has 3 rings (SSSR count). The third kappa shape index (κ3) is 2.33. The highest BCUT2D eigenvalue weighted by molar-refractivity contribution is 5.92. The molecule has 1 atom stereocenters. The fraction of sp³-hybridized carbons (Fsp3) is 0.500. The summed E-state index contributed by atoms with van der Waals surface area (Å²) < 4.78 is 6.06. The van der Waals surface area contributed by atoms with Crippen molar-refractivity contribution >= 4 is 5.78 Å². The predicted molar refractivity (Wildman–Crippen MR) is 79.3 cm³/mol. The molecular weight excluding hydrogens is 248 g/mol. The van der Waals surface area contributed by atoms with Gasteiger partial charge in [0.1, 0.15) is 5.60 Å². The van der Waals surface area contributed by atoms with Crippen LogP contribution in [0.5, 0.6) is 0 Å². The van der Waals surface area contributed by atoms with Crippen LogP contribution < -0.4 is 0 Å². The molecule has 2 aliphatic rings. The Morgan fingerprint density at radius 2 is 1.90 bits per heavy atom. The van der Waals surface area contributed by atoms with E-state index >= 15 is 0 Å². The van der Waals surface area contributed by atoms with Gasteiger partial charge in [-0.3, -0.25) is 4.79 Å². The van der Waals surface area contributed by atoms with Crippen LogP contribution in [0, 0.1) is 5.41 Å². The molecule has 2 aliphatic carbocycles. The van der Waals surface area contributed by atoms with Crippen molar-refractivity contribution in [1.29, 1.82) is 0 Å². The van der Waals surface area contributed by atoms with Crippen LogP contribution in [0.4, 0.5) is 0 Å². The van der Waals surface area contributed by atoms with Gasteiger partial charge in [0.25, 0.3) is 0 Å². The molecule has 1 aromatic carbocycles. The van der Waals surface area contributed by atoms with Crippen LogP contribution in [-0.4, -0.2) is 11.4 Å². The van der Waals surface area contributed by atoms with Gasteiger partial charge in [0.2, 0.25) is 0 Å². The summed E-state index contributed by atoms with van der Waals surface area (Å²) in [4.78, 5) is 12.5. The second-order valence-electron chi connectivity index (χ2n) is 6.35. The van der Waals surface area contributed by atoms with E-state index in [1.807, 2.05) is 30.3 Å². The van der Waals surface area contributed by atoms with Crippen LogP contribution >= 0.6 is 0 Å². The molecule has 2 saturated carbocycles. The molecule has 2 heteroatoms. The lowest BCUT2D eigenvalue weighted by Crippen LogP contribution is -2.35. The average molecular weight is 270 g/mol. The smallest absolute Gasteiger partial charge is 0.169 e. The third-order valence-electron chi connectivity index (χ3n) is 4.98. The average Bonchev–Trinajstić information content (AvgIpc) is 3.03. The first kappa shape index (κ1) is 13.6. The van der Waals surface area contributed by atoms with E-state index in [0.29, 0.717) is 13.0 Å². The third-order valence-corrected chi connectivity index (χ3v) is 4.98. The fourth-order valence-corrected chi connectivity index (χ4v) is 3.85. The Bertz CT molecular complexity index is 499. The zero-order chi connectivity index (χ0) is 14.1. The van der Waals surface area contributed by atoms with Gasteiger partial charge in [0.05, 0.1) is 6.61 Å². The molecule has 0 saturated heterocycles. The zero-order valence-corrected chi connectivity index (χ0v) is 11.9. The molecule has 1 spiro atoms. The molecule has 0 amide bonds. The SMILES string of the molecule is C=CC1(OCc2ccccc2)CC2(CCCC2)CC1=O. The summed E-state index contributed by atoms with van der Waals surface area (Å²) in [7, 11) is 0. The maximum atomic E-state index is 12.5. The molecule has 2 nitrogen and oxygen atoms in total. The van der Waals surface area contributed by atoms with E-state index in [9.17, 15) is 4.79 Å². The van der Waals surface area contributed by atoms with E-state index < -0.39 is 5.60 Å². The normalized spacial score (nSPS) is 28.1. The first-order valence-electron chi connectivity index (χ1n) is 7.53. The van der Waals surface area contributed by atoms with E-state index in [1.54, 1.807) is 6.08 Å². The highest BCUT2D eigenvalue weighted by Gasteiger charge is 2.54. The minimum Gasteiger partial charge on any atom is -0.358 e. The van der Waals surface area contributed by atoms with Gasteiger partial charge in [-0.25, -0.2) is 0 Å². The summed E-state index contributed by atoms with van der Waals surface area (Å²) in [5.74, 6) is 0.227. The van der Waals surface area contributed by atoms with Gasteiger partial charge in [0, 0.05) is 6.42 Å². The van der Waals surface area contributed by atoms with Crippen molar-refractivity contribution in [1.82, 2.24) is 0 Å². The Kier molecular flexibility index (Phi) is 3.51. The predicted octanol–water partition coefficient (Wildman–Crippen LogP) is 4.05. The molecule has 1 unspecified atom stereocenters. The highest BCUT2D eigenvalue weighted by atomic mass is 16.5. The van der Waals surface area contributed by atoms with Gasteiger partial charge in [-0.1, -0.05) is 55.8 Å². The van der Waals surface area contributed by atoms with Crippen molar-refractivity contribution < 1.29 is 9.53 Å². The largest absolute Gasteiger partial charge is 0.358 e. The molecule has 2 fully saturated rings. The van der Waals surface area contributed by atoms with Crippen LogP contribution in [0.1, 0.15) is 44.1 Å². The minimum absolute atomic E-state index is 0.196. The van der Waals surface area contributed by atoms with Crippen LogP contribution in [0.3, 0.4) is 0 Å². The second-order valence-corrected chi connectivity index (χ2v) is 6.35. The molecule has 0 bridgehead atoms. The van der Waals surface area contributed by atoms with Gasteiger partial charge >= 0.3 is 0 Å². The van der Waals surface area contributed by atoms with Crippen molar-refractivity contribution in [3.05, 3.63) is 48.6 Å². The van der Waals surface area contributed by atoms with Gasteiger partial charge in [0.15, 0.2) is 5.78 Å². The van der Waals surface area contributed by atoms with E-state index in [1.165, 1.54) is 25.7 Å². The lowest BCUT2D eigenvalue weighted by molar-refractivity contribution is -0.135. The monoisotopic (exact) mass is 270 g/mol. The molecule has 0 N–H and O–H groups in total. The van der Waals surface area contributed by atoms with Crippen LogP contribution in [0.15, 0.2) is 43.0 Å². The van der Waals surface area contributed by atoms with Crippen molar-refractivity contribution in [3.8, 4) is 0 Å². The summed E-state index contributed by atoms with van der Waals surface area (Å²) in [5, 5.41) is 0. The Morgan fingerprint density at radius 1 is 1.20 bits per heavy atom. The number of rotatable bonds is 4. The van der Waals surface area contributed by atoms with Gasteiger partial charge in [-0.2, -0.15) is 0 Å². The topological polar surface area (TPSA) is 26.3 Å². The molecule has 0 aliphatic heterocycles. The van der Waals surface area contributed by atoms with E-state index in [2.05, 4.69) is 6.58 Å². The van der Waals surface area contributed by atoms with Crippen molar-refractivity contribution in [2.75, 3.05) is 0 Å². The molecule has 106 valence electrons. The summed E-state index contributed by atoms with van der Waals surface area (Å²) >= 11 is 0. The summed E-state index contributed by atoms with van der Waals surface area (Å²) in [6.45, 7) is 4.37. The molecule has 0 aromatic heterocycles. The molecular formula is C18H22O2. The lowest BCUT2D eigenvalue weighted by atomic mass is 9.83. The first-order chi connectivity index (χ1) is 9.68. The maximum absolute atomic E-state index is 12.5. The van der Waals surface area contributed by atoms with E-state index in [0.717, 1.165) is 12.0 Å². The van der Waals surface area contributed by atoms with Crippen molar-refractivity contribution in [2.45, 2.75) is 50.7 Å². The Hall–Kier alpha value is -1.41. The number of ether oxygens (including phenoxy) is 1. The zero-order valence-electron chi connectivity index (χ0n) is 11.9. The molecule has 0 radical (unpaired) electrons. The van der Waals surface area contributed by atoms with E-state index in [-0.39, 0.29) is 11.2 Å². The second kappa shape index (κ2) is 5.17. The van der Waals surface area contributed by atoms with Gasteiger partial charge < -0.3 is 4.74 Å². The number of hydrogen-bond acceptors (Lipinski definition) is 2. The summed E-state index contributed by atoms with van der Waals surface area (Å²) in [5.41, 5.74) is 0.552. The van der Waals surface area contributed by atoms with Crippen LogP contribution in [-0.2, 0) is 16.1 Å². The number of ketones is 1. The fourth-order valence-electron chi connectivity index (χ4n) is 3.85.